The first-order valence-corrected chi connectivity index (χ1v) is 10.9. The molecule has 1 atom stereocenters. The molecular formula is C22H25F6NO2S. The van der Waals surface area contributed by atoms with Crippen LogP contribution in [0.3, 0.4) is 0 Å². The van der Waals surface area contributed by atoms with Crippen LogP contribution in [0.15, 0.2) is 36.4 Å². The standard InChI is InChI=1S/C22H25F6NO2S/c1-2-17-10-11-19(32-17)18(30)14-20(29,22(26,27)28)15-6-8-16(9-7-15)31-13-5-3-4-12-21(23,24)25/h6-11H,2-5,12-14,29H2,1H3/t20-/m0/s1. The van der Waals surface area contributed by atoms with Gasteiger partial charge in [0.2, 0.25) is 0 Å². The van der Waals surface area contributed by atoms with Crippen molar-refractivity contribution in [3.05, 3.63) is 51.7 Å². The molecule has 0 unspecified atom stereocenters. The number of halogens is 6. The number of alkyl halides is 6. The molecule has 3 nitrogen and oxygen atoms in total. The van der Waals surface area contributed by atoms with E-state index in [0.29, 0.717) is 19.3 Å². The largest absolute Gasteiger partial charge is 0.494 e. The summed E-state index contributed by atoms with van der Waals surface area (Å²) in [6.07, 6.45) is -9.47. The molecule has 0 amide bonds. The smallest absolute Gasteiger partial charge is 0.411 e. The summed E-state index contributed by atoms with van der Waals surface area (Å²) >= 11 is 1.15. The van der Waals surface area contributed by atoms with Crippen LogP contribution in [0.25, 0.3) is 0 Å². The Morgan fingerprint density at radius 3 is 2.16 bits per heavy atom. The van der Waals surface area contributed by atoms with Gasteiger partial charge in [0.15, 0.2) is 5.78 Å². The summed E-state index contributed by atoms with van der Waals surface area (Å²) in [5.74, 6) is -0.417. The summed E-state index contributed by atoms with van der Waals surface area (Å²) in [5.41, 5.74) is 2.60. The highest BCUT2D eigenvalue weighted by Crippen LogP contribution is 2.41. The van der Waals surface area contributed by atoms with E-state index < -0.39 is 36.5 Å². The maximum absolute atomic E-state index is 13.9. The molecule has 0 aliphatic heterocycles. The van der Waals surface area contributed by atoms with Crippen molar-refractivity contribution in [1.29, 1.82) is 0 Å². The number of hydrogen-bond acceptors (Lipinski definition) is 4. The van der Waals surface area contributed by atoms with Gasteiger partial charge in [0.25, 0.3) is 0 Å². The van der Waals surface area contributed by atoms with Crippen LogP contribution in [0.5, 0.6) is 5.75 Å². The third kappa shape index (κ3) is 7.23. The molecule has 2 N–H and O–H groups in total. The predicted molar refractivity (Wildman–Crippen MR) is 111 cm³/mol. The second-order valence-electron chi connectivity index (χ2n) is 7.49. The molecule has 2 rings (SSSR count). The molecule has 0 spiro atoms. The van der Waals surface area contributed by atoms with Crippen LogP contribution >= 0.6 is 11.3 Å². The van der Waals surface area contributed by atoms with E-state index in [2.05, 4.69) is 0 Å². The molecule has 10 heteroatoms. The average molecular weight is 482 g/mol. The summed E-state index contributed by atoms with van der Waals surface area (Å²) in [7, 11) is 0. The quantitative estimate of drug-likeness (QED) is 0.218. The van der Waals surface area contributed by atoms with Gasteiger partial charge in [-0.2, -0.15) is 26.3 Å². The highest BCUT2D eigenvalue weighted by molar-refractivity contribution is 7.14. The lowest BCUT2D eigenvalue weighted by Gasteiger charge is -2.31. The number of benzene rings is 1. The Morgan fingerprint density at radius 1 is 0.969 bits per heavy atom. The summed E-state index contributed by atoms with van der Waals surface area (Å²) < 4.78 is 83.3. The van der Waals surface area contributed by atoms with Gasteiger partial charge in [0, 0.05) is 17.7 Å². The first-order chi connectivity index (χ1) is 14.9. The Bertz CT molecular complexity index is 876. The number of thiophene rings is 1. The topological polar surface area (TPSA) is 52.3 Å². The fourth-order valence-electron chi connectivity index (χ4n) is 3.07. The molecule has 0 saturated heterocycles. The van der Waals surface area contributed by atoms with Crippen molar-refractivity contribution < 1.29 is 35.9 Å². The third-order valence-electron chi connectivity index (χ3n) is 4.97. The lowest BCUT2D eigenvalue weighted by Crippen LogP contribution is -2.51. The third-order valence-corrected chi connectivity index (χ3v) is 6.24. The number of rotatable bonds is 11. The van der Waals surface area contributed by atoms with E-state index >= 15 is 0 Å². The Kier molecular flexibility index (Phi) is 8.75. The minimum absolute atomic E-state index is 0.00884. The molecule has 0 radical (unpaired) electrons. The molecule has 178 valence electrons. The van der Waals surface area contributed by atoms with Crippen molar-refractivity contribution in [2.45, 2.75) is 63.3 Å². The van der Waals surface area contributed by atoms with Crippen LogP contribution in [0, 0.1) is 0 Å². The van der Waals surface area contributed by atoms with Crippen LogP contribution in [0.2, 0.25) is 0 Å². The van der Waals surface area contributed by atoms with Gasteiger partial charge in [0.1, 0.15) is 11.3 Å². The van der Waals surface area contributed by atoms with Crippen molar-refractivity contribution in [1.82, 2.24) is 0 Å². The minimum Gasteiger partial charge on any atom is -0.494 e. The monoisotopic (exact) mass is 481 g/mol. The highest BCUT2D eigenvalue weighted by atomic mass is 32.1. The Labute approximate surface area is 186 Å². The second-order valence-corrected chi connectivity index (χ2v) is 8.66. The zero-order valence-corrected chi connectivity index (χ0v) is 18.3. The first-order valence-electron chi connectivity index (χ1n) is 10.1. The van der Waals surface area contributed by atoms with Crippen molar-refractivity contribution in [3.8, 4) is 5.75 Å². The maximum Gasteiger partial charge on any atom is 0.411 e. The summed E-state index contributed by atoms with van der Waals surface area (Å²) in [6.45, 7) is 2.02. The fraction of sp³-hybridized carbons (Fsp3) is 0.500. The number of hydrogen-bond donors (Lipinski definition) is 1. The van der Waals surface area contributed by atoms with Gasteiger partial charge in [-0.1, -0.05) is 19.1 Å². The van der Waals surface area contributed by atoms with Crippen LogP contribution in [-0.2, 0) is 12.0 Å². The number of unbranched alkanes of at least 4 members (excludes halogenated alkanes) is 2. The summed E-state index contributed by atoms with van der Waals surface area (Å²) in [5, 5.41) is 0. The number of carbonyl (C=O) groups excluding carboxylic acids is 1. The molecule has 0 fully saturated rings. The van der Waals surface area contributed by atoms with Crippen molar-refractivity contribution >= 4 is 17.1 Å². The zero-order valence-electron chi connectivity index (χ0n) is 17.5. The number of ketones is 1. The molecule has 2 aromatic rings. The van der Waals surface area contributed by atoms with Gasteiger partial charge in [-0.25, -0.2) is 0 Å². The van der Waals surface area contributed by atoms with E-state index in [0.717, 1.165) is 28.3 Å². The van der Waals surface area contributed by atoms with Crippen LogP contribution < -0.4 is 10.5 Å². The van der Waals surface area contributed by atoms with E-state index in [4.69, 9.17) is 10.5 Å². The number of Topliss-reactive ketones (excluding diaryl/α,β-unsaturated/α-hetero) is 1. The number of carbonyl (C=O) groups is 1. The van der Waals surface area contributed by atoms with E-state index in [-0.39, 0.29) is 29.2 Å². The first kappa shape index (κ1) is 26.2. The van der Waals surface area contributed by atoms with Crippen LogP contribution in [0.4, 0.5) is 26.3 Å². The van der Waals surface area contributed by atoms with Gasteiger partial charge in [0.05, 0.1) is 11.5 Å². The Balaban J connectivity index is 2.01. The molecule has 1 aromatic heterocycles. The fourth-order valence-corrected chi connectivity index (χ4v) is 3.95. The number of ether oxygens (including phenoxy) is 1. The second kappa shape index (κ2) is 10.7. The van der Waals surface area contributed by atoms with Gasteiger partial charge < -0.3 is 10.5 Å². The Morgan fingerprint density at radius 2 is 1.62 bits per heavy atom. The lowest BCUT2D eigenvalue weighted by molar-refractivity contribution is -0.188. The van der Waals surface area contributed by atoms with Gasteiger partial charge in [-0.05, 0) is 55.5 Å². The number of nitrogens with two attached hydrogens (primary N) is 1. The van der Waals surface area contributed by atoms with Crippen molar-refractivity contribution in [3.63, 3.8) is 0 Å². The summed E-state index contributed by atoms with van der Waals surface area (Å²) in [4.78, 5) is 13.6. The highest BCUT2D eigenvalue weighted by Gasteiger charge is 2.54. The van der Waals surface area contributed by atoms with E-state index in [9.17, 15) is 31.1 Å². The van der Waals surface area contributed by atoms with E-state index in [1.54, 1.807) is 6.07 Å². The molecule has 0 aliphatic carbocycles. The SMILES string of the molecule is CCc1ccc(C(=O)C[C@](N)(c2ccc(OCCCCCC(F)(F)F)cc2)C(F)(F)F)s1. The zero-order chi connectivity index (χ0) is 24.0. The maximum atomic E-state index is 13.9. The lowest BCUT2D eigenvalue weighted by atomic mass is 9.85. The van der Waals surface area contributed by atoms with Gasteiger partial charge >= 0.3 is 12.4 Å². The molecule has 0 bridgehead atoms. The molecule has 0 saturated carbocycles. The normalized spacial score (nSPS) is 14.2. The minimum atomic E-state index is -4.87. The molecule has 32 heavy (non-hydrogen) atoms. The van der Waals surface area contributed by atoms with E-state index in [1.807, 2.05) is 6.92 Å². The van der Waals surface area contributed by atoms with Crippen LogP contribution in [-0.4, -0.2) is 24.7 Å². The van der Waals surface area contributed by atoms with E-state index in [1.165, 1.54) is 18.2 Å². The average Bonchev–Trinajstić information content (AvgIpc) is 3.19. The van der Waals surface area contributed by atoms with Crippen molar-refractivity contribution in [2.24, 2.45) is 5.73 Å². The summed E-state index contributed by atoms with van der Waals surface area (Å²) in [6, 6.07) is 8.15. The molecule has 1 heterocycles. The van der Waals surface area contributed by atoms with Gasteiger partial charge in [-0.15, -0.1) is 11.3 Å². The Hall–Kier alpha value is -2.07. The molecule has 0 aliphatic rings. The van der Waals surface area contributed by atoms with Crippen molar-refractivity contribution in [2.75, 3.05) is 6.61 Å². The molecule has 1 aromatic carbocycles. The molecular weight excluding hydrogens is 456 g/mol. The predicted octanol–water partition coefficient (Wildman–Crippen LogP) is 6.80. The van der Waals surface area contributed by atoms with Gasteiger partial charge in [-0.3, -0.25) is 4.79 Å². The van der Waals surface area contributed by atoms with Crippen LogP contribution in [0.1, 0.15) is 59.1 Å². The number of aryl methyl sites for hydroxylation is 1.